The van der Waals surface area contributed by atoms with E-state index in [1.807, 2.05) is 52.5 Å². The Morgan fingerprint density at radius 3 is 1.38 bits per heavy atom. The Bertz CT molecular complexity index is 857. The molecule has 2 N–H and O–H groups in total. The van der Waals surface area contributed by atoms with Gasteiger partial charge in [-0.2, -0.15) is 0 Å². The highest BCUT2D eigenvalue weighted by molar-refractivity contribution is 6.31. The Morgan fingerprint density at radius 1 is 0.656 bits per heavy atom. The Kier molecular flexibility index (Phi) is 11.2. The van der Waals surface area contributed by atoms with E-state index in [-0.39, 0.29) is 36.4 Å². The van der Waals surface area contributed by atoms with Crippen molar-refractivity contribution >= 4 is 47.8 Å². The lowest BCUT2D eigenvalue weighted by Crippen LogP contribution is -2.25. The molecule has 0 saturated heterocycles. The molecule has 1 aliphatic rings. The number of rotatable bonds is 10. The molecule has 176 valence electrons. The molecule has 0 fully saturated rings. The number of halogens is 2. The summed E-state index contributed by atoms with van der Waals surface area (Å²) in [5.74, 6) is -0.181. The van der Waals surface area contributed by atoms with Crippen LogP contribution in [0.2, 0.25) is 0 Å². The highest BCUT2D eigenvalue weighted by atomic mass is 35.5. The van der Waals surface area contributed by atoms with E-state index in [1.54, 1.807) is 12.1 Å². The molecule has 8 heteroatoms. The minimum Gasteiger partial charge on any atom is -0.384 e. The van der Waals surface area contributed by atoms with Crippen LogP contribution >= 0.6 is 24.8 Å². The second-order valence-corrected chi connectivity index (χ2v) is 8.28. The van der Waals surface area contributed by atoms with Crippen LogP contribution in [0.15, 0.2) is 36.4 Å². The Morgan fingerprint density at radius 2 is 1.03 bits per heavy atom. The first-order valence-electron chi connectivity index (χ1n) is 10.5. The number of hydrogen-bond acceptors (Lipinski definition) is 6. The van der Waals surface area contributed by atoms with Crippen LogP contribution in [0, 0.1) is 0 Å². The molecule has 2 aromatic carbocycles. The Labute approximate surface area is 203 Å². The lowest BCUT2D eigenvalue weighted by atomic mass is 9.82. The summed E-state index contributed by atoms with van der Waals surface area (Å²) in [6, 6.07) is 11.0. The molecular weight excluding hydrogens is 447 g/mol. The molecule has 3 rings (SSSR count). The number of hydrogen-bond donors (Lipinski definition) is 2. The molecule has 2 aromatic rings. The van der Waals surface area contributed by atoms with Crippen LogP contribution in [0.4, 0.5) is 11.4 Å². The summed E-state index contributed by atoms with van der Waals surface area (Å²) >= 11 is 0. The number of nitrogens with one attached hydrogen (secondary N) is 2. The van der Waals surface area contributed by atoms with Crippen LogP contribution in [0.5, 0.6) is 0 Å². The summed E-state index contributed by atoms with van der Waals surface area (Å²) in [5, 5.41) is 6.71. The van der Waals surface area contributed by atoms with Crippen molar-refractivity contribution in [3.8, 4) is 0 Å². The summed E-state index contributed by atoms with van der Waals surface area (Å²) in [6.07, 6.45) is 1.91. The minimum absolute atomic E-state index is 0. The van der Waals surface area contributed by atoms with Gasteiger partial charge >= 0.3 is 0 Å². The predicted octanol–water partition coefficient (Wildman–Crippen LogP) is 4.03. The van der Waals surface area contributed by atoms with Crippen molar-refractivity contribution in [1.82, 2.24) is 9.80 Å². The molecule has 0 bridgehead atoms. The maximum Gasteiger partial charge on any atom is 0.196 e. The van der Waals surface area contributed by atoms with E-state index in [2.05, 4.69) is 20.4 Å². The zero-order valence-electron chi connectivity index (χ0n) is 19.2. The summed E-state index contributed by atoms with van der Waals surface area (Å²) in [5.41, 5.74) is 3.41. The monoisotopic (exact) mass is 480 g/mol. The second-order valence-electron chi connectivity index (χ2n) is 8.28. The van der Waals surface area contributed by atoms with Crippen LogP contribution in [-0.4, -0.2) is 75.7 Å². The van der Waals surface area contributed by atoms with Gasteiger partial charge in [0.05, 0.1) is 11.1 Å². The number of carbonyl (C=O) groups excluding carboxylic acids is 2. The molecule has 0 aliphatic heterocycles. The number of ketones is 2. The molecule has 0 heterocycles. The lowest BCUT2D eigenvalue weighted by Gasteiger charge is -2.23. The molecule has 0 saturated carbocycles. The molecule has 0 unspecified atom stereocenters. The van der Waals surface area contributed by atoms with Crippen molar-refractivity contribution in [2.45, 2.75) is 12.8 Å². The van der Waals surface area contributed by atoms with Gasteiger partial charge in [-0.25, -0.2) is 0 Å². The smallest absolute Gasteiger partial charge is 0.196 e. The quantitative estimate of drug-likeness (QED) is 0.427. The SMILES string of the molecule is CN(C)CCCNc1cccc2c1C(=O)c1cccc(NCCCN(C)C)c1C2=O.Cl.Cl. The van der Waals surface area contributed by atoms with E-state index in [4.69, 9.17) is 0 Å². The first kappa shape index (κ1) is 27.9. The molecule has 6 nitrogen and oxygen atoms in total. The molecule has 0 radical (unpaired) electrons. The van der Waals surface area contributed by atoms with Crippen LogP contribution in [0.3, 0.4) is 0 Å². The fraction of sp³-hybridized carbons (Fsp3) is 0.417. The van der Waals surface area contributed by atoms with E-state index in [0.29, 0.717) is 22.3 Å². The van der Waals surface area contributed by atoms with Gasteiger partial charge in [-0.3, -0.25) is 9.59 Å². The van der Waals surface area contributed by atoms with E-state index in [0.717, 1.165) is 50.4 Å². The zero-order valence-corrected chi connectivity index (χ0v) is 20.9. The van der Waals surface area contributed by atoms with Gasteiger partial charge in [0.15, 0.2) is 11.6 Å². The van der Waals surface area contributed by atoms with Crippen molar-refractivity contribution in [2.24, 2.45) is 0 Å². The van der Waals surface area contributed by atoms with Gasteiger partial charge in [-0.05, 0) is 66.3 Å². The highest BCUT2D eigenvalue weighted by Gasteiger charge is 2.33. The maximum atomic E-state index is 13.4. The van der Waals surface area contributed by atoms with Gasteiger partial charge in [0.25, 0.3) is 0 Å². The van der Waals surface area contributed by atoms with Crippen LogP contribution in [-0.2, 0) is 0 Å². The van der Waals surface area contributed by atoms with E-state index >= 15 is 0 Å². The second kappa shape index (κ2) is 12.8. The number of fused-ring (bicyclic) bond motifs is 2. The third kappa shape index (κ3) is 6.45. The number of anilines is 2. The third-order valence-electron chi connectivity index (χ3n) is 5.27. The van der Waals surface area contributed by atoms with Gasteiger partial charge in [0.2, 0.25) is 0 Å². The largest absolute Gasteiger partial charge is 0.384 e. The average Bonchev–Trinajstić information content (AvgIpc) is 2.72. The summed E-state index contributed by atoms with van der Waals surface area (Å²) in [4.78, 5) is 31.0. The van der Waals surface area contributed by atoms with E-state index in [1.165, 1.54) is 0 Å². The third-order valence-corrected chi connectivity index (χ3v) is 5.27. The summed E-state index contributed by atoms with van der Waals surface area (Å²) in [7, 11) is 8.15. The predicted molar refractivity (Wildman–Crippen MR) is 138 cm³/mol. The highest BCUT2D eigenvalue weighted by Crippen LogP contribution is 2.35. The topological polar surface area (TPSA) is 64.7 Å². The maximum absolute atomic E-state index is 13.4. The van der Waals surface area contributed by atoms with Crippen molar-refractivity contribution in [1.29, 1.82) is 0 Å². The number of carbonyl (C=O) groups is 2. The normalized spacial score (nSPS) is 12.1. The molecular formula is C24H34Cl2N4O2. The summed E-state index contributed by atoms with van der Waals surface area (Å²) in [6.45, 7) is 3.41. The molecule has 1 aliphatic carbocycles. The van der Waals surface area contributed by atoms with E-state index in [9.17, 15) is 9.59 Å². The van der Waals surface area contributed by atoms with Crippen LogP contribution in [0.25, 0.3) is 0 Å². The first-order chi connectivity index (χ1) is 14.4. The average molecular weight is 481 g/mol. The van der Waals surface area contributed by atoms with Crippen LogP contribution in [0.1, 0.15) is 44.7 Å². The van der Waals surface area contributed by atoms with Crippen molar-refractivity contribution in [3.05, 3.63) is 58.7 Å². The molecule has 0 atom stereocenters. The molecule has 32 heavy (non-hydrogen) atoms. The number of nitrogens with zero attached hydrogens (tertiary/aromatic N) is 2. The van der Waals surface area contributed by atoms with Crippen molar-refractivity contribution in [2.75, 3.05) is 65.0 Å². The van der Waals surface area contributed by atoms with Crippen LogP contribution < -0.4 is 10.6 Å². The Balaban J connectivity index is 0.00000256. The standard InChI is InChI=1S/C24H32N4O2.2ClH/c1-27(2)15-7-13-25-19-11-5-9-17-21(19)23(29)18-10-6-12-20(22(18)24(17)30)26-14-8-16-28(3)4;;/h5-6,9-12,25-26H,7-8,13-16H2,1-4H3;2*1H. The zero-order chi connectivity index (χ0) is 21.7. The Hall–Kier alpha value is -2.12. The molecule has 0 amide bonds. The number of benzene rings is 2. The molecule has 0 aromatic heterocycles. The lowest BCUT2D eigenvalue weighted by molar-refractivity contribution is 0.0980. The fourth-order valence-corrected chi connectivity index (χ4v) is 3.77. The minimum atomic E-state index is -0.0905. The van der Waals surface area contributed by atoms with Gasteiger partial charge in [-0.1, -0.05) is 24.3 Å². The van der Waals surface area contributed by atoms with Crippen molar-refractivity contribution in [3.63, 3.8) is 0 Å². The summed E-state index contributed by atoms with van der Waals surface area (Å²) < 4.78 is 0. The molecule has 0 spiro atoms. The van der Waals surface area contributed by atoms with Gasteiger partial charge in [0, 0.05) is 35.6 Å². The fourth-order valence-electron chi connectivity index (χ4n) is 3.77. The van der Waals surface area contributed by atoms with E-state index < -0.39 is 0 Å². The van der Waals surface area contributed by atoms with Gasteiger partial charge in [0.1, 0.15) is 0 Å². The van der Waals surface area contributed by atoms with Crippen molar-refractivity contribution < 1.29 is 9.59 Å². The van der Waals surface area contributed by atoms with Gasteiger partial charge in [-0.15, -0.1) is 24.8 Å². The van der Waals surface area contributed by atoms with Gasteiger partial charge < -0.3 is 20.4 Å². The first-order valence-corrected chi connectivity index (χ1v) is 10.5.